The number of carbonyl (C=O) groups is 2. The highest BCUT2D eigenvalue weighted by Crippen LogP contribution is 2.16. The summed E-state index contributed by atoms with van der Waals surface area (Å²) in [6, 6.07) is -0.324. The molecule has 1 fully saturated rings. The van der Waals surface area contributed by atoms with Gasteiger partial charge in [0.2, 0.25) is 11.8 Å². The molecule has 1 atom stereocenters. The van der Waals surface area contributed by atoms with Crippen LogP contribution in [0.15, 0.2) is 0 Å². The van der Waals surface area contributed by atoms with Gasteiger partial charge in [-0.05, 0) is 38.8 Å². The van der Waals surface area contributed by atoms with E-state index in [1.807, 2.05) is 13.8 Å². The Kier molecular flexibility index (Phi) is 5.28. The van der Waals surface area contributed by atoms with Crippen LogP contribution in [0.4, 0.5) is 0 Å². The number of thioether (sulfide) groups is 1. The second-order valence-electron chi connectivity index (χ2n) is 4.25. The Morgan fingerprint density at radius 3 is 2.69 bits per heavy atom. The molecule has 1 heterocycles. The van der Waals surface area contributed by atoms with Gasteiger partial charge in [0.15, 0.2) is 0 Å². The van der Waals surface area contributed by atoms with Crippen LogP contribution in [0, 0.1) is 0 Å². The summed E-state index contributed by atoms with van der Waals surface area (Å²) in [7, 11) is 0. The maximum atomic E-state index is 11.9. The first-order valence-corrected chi connectivity index (χ1v) is 7.05. The molecular weight excluding hydrogens is 224 g/mol. The van der Waals surface area contributed by atoms with Crippen molar-refractivity contribution >= 4 is 23.6 Å². The van der Waals surface area contributed by atoms with Crippen LogP contribution < -0.4 is 5.32 Å². The lowest BCUT2D eigenvalue weighted by molar-refractivity contribution is -0.140. The van der Waals surface area contributed by atoms with Crippen molar-refractivity contribution in [2.24, 2.45) is 0 Å². The summed E-state index contributed by atoms with van der Waals surface area (Å²) in [6.07, 6.45) is 3.40. The van der Waals surface area contributed by atoms with E-state index >= 15 is 0 Å². The van der Waals surface area contributed by atoms with E-state index in [2.05, 4.69) is 11.6 Å². The fraction of sp³-hybridized carbons (Fsp3) is 0.818. The molecule has 5 heteroatoms. The standard InChI is InChI=1S/C11H20N2O2S/c1-8(2)13-10(14)7-9(11(13)15)12-5-4-6-16-3/h8-9,12H,4-7H2,1-3H3. The van der Waals surface area contributed by atoms with Gasteiger partial charge in [-0.1, -0.05) is 0 Å². The number of imide groups is 1. The van der Waals surface area contributed by atoms with Gasteiger partial charge in [-0.15, -0.1) is 0 Å². The molecule has 0 saturated carbocycles. The highest BCUT2D eigenvalue weighted by Gasteiger charge is 2.39. The van der Waals surface area contributed by atoms with E-state index in [9.17, 15) is 9.59 Å². The summed E-state index contributed by atoms with van der Waals surface area (Å²) in [5.41, 5.74) is 0. The van der Waals surface area contributed by atoms with Crippen LogP contribution in [-0.2, 0) is 9.59 Å². The number of amides is 2. The second kappa shape index (κ2) is 6.25. The number of rotatable bonds is 6. The van der Waals surface area contributed by atoms with E-state index in [1.165, 1.54) is 4.90 Å². The fourth-order valence-corrected chi connectivity index (χ4v) is 2.28. The summed E-state index contributed by atoms with van der Waals surface area (Å²) in [6.45, 7) is 4.54. The quantitative estimate of drug-likeness (QED) is 0.556. The third kappa shape index (κ3) is 3.22. The van der Waals surface area contributed by atoms with E-state index in [4.69, 9.17) is 0 Å². The van der Waals surface area contributed by atoms with Crippen LogP contribution in [0.1, 0.15) is 26.7 Å². The van der Waals surface area contributed by atoms with E-state index in [0.29, 0.717) is 6.42 Å². The van der Waals surface area contributed by atoms with Gasteiger partial charge in [0.25, 0.3) is 0 Å². The largest absolute Gasteiger partial charge is 0.305 e. The second-order valence-corrected chi connectivity index (χ2v) is 5.24. The van der Waals surface area contributed by atoms with Gasteiger partial charge in [0, 0.05) is 6.04 Å². The molecule has 1 aliphatic rings. The molecule has 92 valence electrons. The lowest BCUT2D eigenvalue weighted by atomic mass is 10.2. The van der Waals surface area contributed by atoms with E-state index in [1.54, 1.807) is 11.8 Å². The molecule has 1 N–H and O–H groups in total. The van der Waals surface area contributed by atoms with E-state index in [0.717, 1.165) is 18.7 Å². The van der Waals surface area contributed by atoms with Crippen molar-refractivity contribution in [1.29, 1.82) is 0 Å². The molecule has 2 amide bonds. The van der Waals surface area contributed by atoms with E-state index in [-0.39, 0.29) is 23.9 Å². The van der Waals surface area contributed by atoms with Crippen LogP contribution in [0.2, 0.25) is 0 Å². The van der Waals surface area contributed by atoms with Crippen molar-refractivity contribution in [3.8, 4) is 0 Å². The Morgan fingerprint density at radius 2 is 2.19 bits per heavy atom. The Labute approximate surface area is 101 Å². The van der Waals surface area contributed by atoms with Crippen LogP contribution in [0.25, 0.3) is 0 Å². The van der Waals surface area contributed by atoms with Crippen LogP contribution >= 0.6 is 11.8 Å². The van der Waals surface area contributed by atoms with Crippen LogP contribution in [0.5, 0.6) is 0 Å². The summed E-state index contributed by atoms with van der Waals surface area (Å²) < 4.78 is 0. The van der Waals surface area contributed by atoms with Crippen molar-refractivity contribution in [3.63, 3.8) is 0 Å². The summed E-state index contributed by atoms with van der Waals surface area (Å²) in [5.74, 6) is 0.960. The minimum absolute atomic E-state index is 0.0296. The van der Waals surface area contributed by atoms with Gasteiger partial charge in [-0.2, -0.15) is 11.8 Å². The third-order valence-corrected chi connectivity index (χ3v) is 3.31. The van der Waals surface area contributed by atoms with Crippen molar-refractivity contribution in [2.75, 3.05) is 18.6 Å². The first-order chi connectivity index (χ1) is 7.57. The molecule has 16 heavy (non-hydrogen) atoms. The molecule has 4 nitrogen and oxygen atoms in total. The normalized spacial score (nSPS) is 21.2. The molecule has 1 unspecified atom stereocenters. The van der Waals surface area contributed by atoms with Gasteiger partial charge < -0.3 is 5.32 Å². The minimum Gasteiger partial charge on any atom is -0.305 e. The van der Waals surface area contributed by atoms with Crippen molar-refractivity contribution in [1.82, 2.24) is 10.2 Å². The predicted octanol–water partition coefficient (Wildman–Crippen LogP) is 0.865. The fourth-order valence-electron chi connectivity index (χ4n) is 1.85. The van der Waals surface area contributed by atoms with Crippen molar-refractivity contribution < 1.29 is 9.59 Å². The topological polar surface area (TPSA) is 49.4 Å². The van der Waals surface area contributed by atoms with Gasteiger partial charge >= 0.3 is 0 Å². The molecule has 0 aromatic carbocycles. The summed E-state index contributed by atoms with van der Waals surface area (Å²) in [4.78, 5) is 24.8. The zero-order chi connectivity index (χ0) is 12.1. The zero-order valence-corrected chi connectivity index (χ0v) is 11.0. The average Bonchev–Trinajstić information content (AvgIpc) is 2.49. The molecule has 1 aliphatic heterocycles. The monoisotopic (exact) mass is 244 g/mol. The first-order valence-electron chi connectivity index (χ1n) is 5.66. The molecule has 0 bridgehead atoms. The Hall–Kier alpha value is -0.550. The summed E-state index contributed by atoms with van der Waals surface area (Å²) in [5, 5.41) is 3.16. The molecule has 0 aliphatic carbocycles. The SMILES string of the molecule is CSCCCNC1CC(=O)N(C(C)C)C1=O. The van der Waals surface area contributed by atoms with Crippen LogP contribution in [0.3, 0.4) is 0 Å². The third-order valence-electron chi connectivity index (χ3n) is 2.62. The molecule has 1 saturated heterocycles. The highest BCUT2D eigenvalue weighted by atomic mass is 32.2. The summed E-state index contributed by atoms with van der Waals surface area (Å²) >= 11 is 1.79. The number of nitrogens with zero attached hydrogens (tertiary/aromatic N) is 1. The molecule has 0 aromatic heterocycles. The number of carbonyl (C=O) groups excluding carboxylic acids is 2. The van der Waals surface area contributed by atoms with Crippen LogP contribution in [-0.4, -0.2) is 47.4 Å². The Bertz CT molecular complexity index is 269. The number of hydrogen-bond donors (Lipinski definition) is 1. The molecular formula is C11H20N2O2S. The molecule has 0 spiro atoms. The molecule has 0 radical (unpaired) electrons. The number of hydrogen-bond acceptors (Lipinski definition) is 4. The number of nitrogens with one attached hydrogen (secondary N) is 1. The van der Waals surface area contributed by atoms with Gasteiger partial charge in [-0.3, -0.25) is 14.5 Å². The maximum Gasteiger partial charge on any atom is 0.247 e. The molecule has 1 rings (SSSR count). The first kappa shape index (κ1) is 13.5. The average molecular weight is 244 g/mol. The lowest BCUT2D eigenvalue weighted by Gasteiger charge is -2.19. The highest BCUT2D eigenvalue weighted by molar-refractivity contribution is 7.98. The minimum atomic E-state index is -0.295. The molecule has 0 aromatic rings. The van der Waals surface area contributed by atoms with Gasteiger partial charge in [-0.25, -0.2) is 0 Å². The smallest absolute Gasteiger partial charge is 0.247 e. The maximum absolute atomic E-state index is 11.9. The number of likely N-dealkylation sites (tertiary alicyclic amines) is 1. The Morgan fingerprint density at radius 1 is 1.50 bits per heavy atom. The zero-order valence-electron chi connectivity index (χ0n) is 10.2. The van der Waals surface area contributed by atoms with E-state index < -0.39 is 0 Å². The Balaban J connectivity index is 2.40. The van der Waals surface area contributed by atoms with Gasteiger partial charge in [0.1, 0.15) is 0 Å². The predicted molar refractivity (Wildman–Crippen MR) is 66.4 cm³/mol. The lowest BCUT2D eigenvalue weighted by Crippen LogP contribution is -2.42. The van der Waals surface area contributed by atoms with Crippen molar-refractivity contribution in [3.05, 3.63) is 0 Å². The van der Waals surface area contributed by atoms with Crippen molar-refractivity contribution in [2.45, 2.75) is 38.8 Å². The van der Waals surface area contributed by atoms with Gasteiger partial charge in [0.05, 0.1) is 12.5 Å².